The smallest absolute Gasteiger partial charge is 0.326 e. The first kappa shape index (κ1) is 25.4. The Hall–Kier alpha value is -4.74. The number of rotatable bonds is 8. The number of methoxy groups -OCH3 is 1. The average molecular weight is 511 g/mol. The Balaban J connectivity index is 1.64. The zero-order chi connectivity index (χ0) is 26.4. The fourth-order valence-electron chi connectivity index (χ4n) is 3.69. The summed E-state index contributed by atoms with van der Waals surface area (Å²) >= 11 is 0. The van der Waals surface area contributed by atoms with Gasteiger partial charge in [0.25, 0.3) is 5.91 Å². The van der Waals surface area contributed by atoms with Crippen LogP contribution in [0, 0.1) is 0 Å². The highest BCUT2D eigenvalue weighted by Gasteiger charge is 2.19. The number of hydrogen-bond donors (Lipinski definition) is 3. The van der Waals surface area contributed by atoms with Crippen molar-refractivity contribution in [3.63, 3.8) is 0 Å². The van der Waals surface area contributed by atoms with Crippen molar-refractivity contribution in [3.05, 3.63) is 60.4 Å². The van der Waals surface area contributed by atoms with Gasteiger partial charge in [-0.2, -0.15) is 0 Å². The first-order valence-corrected chi connectivity index (χ1v) is 11.2. The molecule has 37 heavy (non-hydrogen) atoms. The van der Waals surface area contributed by atoms with Gasteiger partial charge in [0.15, 0.2) is 0 Å². The molecule has 0 aliphatic carbocycles. The van der Waals surface area contributed by atoms with Crippen LogP contribution in [-0.4, -0.2) is 61.1 Å². The molecule has 0 saturated carbocycles. The molecule has 4 aromatic rings. The SMILES string of the molecule is COc1cc2nccc(Oc3ccc4c(ccn4C(=O)NCCF)c3)c2cc1C(=O)NC(=O)NCCF. The highest BCUT2D eigenvalue weighted by Crippen LogP contribution is 2.34. The van der Waals surface area contributed by atoms with E-state index in [1.807, 2.05) is 0 Å². The Kier molecular flexibility index (Phi) is 7.77. The Morgan fingerprint density at radius 1 is 0.973 bits per heavy atom. The molecule has 0 aliphatic heterocycles. The van der Waals surface area contributed by atoms with Gasteiger partial charge in [0.2, 0.25) is 0 Å². The van der Waals surface area contributed by atoms with E-state index in [1.54, 1.807) is 36.5 Å². The Labute approximate surface area is 209 Å². The van der Waals surface area contributed by atoms with Crippen LogP contribution in [0.2, 0.25) is 0 Å². The lowest BCUT2D eigenvalue weighted by atomic mass is 10.1. The van der Waals surface area contributed by atoms with Crippen LogP contribution in [0.1, 0.15) is 10.4 Å². The Morgan fingerprint density at radius 2 is 1.76 bits per heavy atom. The summed E-state index contributed by atoms with van der Waals surface area (Å²) in [5, 5.41) is 8.01. The molecular weight excluding hydrogens is 488 g/mol. The van der Waals surface area contributed by atoms with Crippen LogP contribution in [0.5, 0.6) is 17.2 Å². The number of carbonyl (C=O) groups excluding carboxylic acids is 3. The molecule has 3 N–H and O–H groups in total. The van der Waals surface area contributed by atoms with Crippen molar-refractivity contribution in [3.8, 4) is 17.2 Å². The highest BCUT2D eigenvalue weighted by molar-refractivity contribution is 6.08. The number of imide groups is 1. The third-order valence-corrected chi connectivity index (χ3v) is 5.35. The first-order chi connectivity index (χ1) is 17.9. The van der Waals surface area contributed by atoms with Gasteiger partial charge in [0, 0.05) is 42.3 Å². The number of nitrogens with zero attached hydrogens (tertiary/aromatic N) is 2. The van der Waals surface area contributed by atoms with Crippen LogP contribution in [0.25, 0.3) is 21.8 Å². The molecule has 0 spiro atoms. The number of urea groups is 1. The largest absolute Gasteiger partial charge is 0.496 e. The van der Waals surface area contributed by atoms with Crippen molar-refractivity contribution >= 4 is 39.8 Å². The highest BCUT2D eigenvalue weighted by atomic mass is 19.1. The number of pyridine rings is 1. The maximum atomic E-state index is 12.7. The van der Waals surface area contributed by atoms with Gasteiger partial charge in [-0.05, 0) is 36.4 Å². The van der Waals surface area contributed by atoms with Gasteiger partial charge in [0.1, 0.15) is 30.6 Å². The van der Waals surface area contributed by atoms with E-state index in [0.29, 0.717) is 33.3 Å². The summed E-state index contributed by atoms with van der Waals surface area (Å²) in [5.41, 5.74) is 1.14. The van der Waals surface area contributed by atoms with Gasteiger partial charge in [-0.3, -0.25) is 19.7 Å². The molecule has 4 amide bonds. The van der Waals surface area contributed by atoms with E-state index in [-0.39, 0.29) is 24.4 Å². The Bertz CT molecular complexity index is 1470. The number of aromatic nitrogens is 2. The molecule has 2 aromatic heterocycles. The zero-order valence-corrected chi connectivity index (χ0v) is 19.7. The summed E-state index contributed by atoms with van der Waals surface area (Å²) in [6.07, 6.45) is 3.11. The normalized spacial score (nSPS) is 10.8. The van der Waals surface area contributed by atoms with Crippen LogP contribution in [-0.2, 0) is 0 Å². The topological polar surface area (TPSA) is 124 Å². The van der Waals surface area contributed by atoms with Crippen molar-refractivity contribution < 1.29 is 32.6 Å². The number of ether oxygens (including phenoxy) is 2. The molecule has 0 aliphatic rings. The second kappa shape index (κ2) is 11.3. The summed E-state index contributed by atoms with van der Waals surface area (Å²) in [7, 11) is 1.38. The molecule has 0 radical (unpaired) electrons. The summed E-state index contributed by atoms with van der Waals surface area (Å²) in [6.45, 7) is -1.74. The van der Waals surface area contributed by atoms with Crippen molar-refractivity contribution in [2.45, 2.75) is 0 Å². The van der Waals surface area contributed by atoms with Crippen LogP contribution < -0.4 is 25.4 Å². The molecule has 12 heteroatoms. The average Bonchev–Trinajstić information content (AvgIpc) is 3.33. The molecule has 2 aromatic carbocycles. The maximum Gasteiger partial charge on any atom is 0.326 e. The quantitative estimate of drug-likeness (QED) is 0.329. The lowest BCUT2D eigenvalue weighted by Gasteiger charge is -2.13. The number of alkyl halides is 2. The van der Waals surface area contributed by atoms with Gasteiger partial charge in [0.05, 0.1) is 23.7 Å². The number of carbonyl (C=O) groups is 3. The number of fused-ring (bicyclic) bond motifs is 2. The van der Waals surface area contributed by atoms with Crippen LogP contribution in [0.3, 0.4) is 0 Å². The van der Waals surface area contributed by atoms with Crippen molar-refractivity contribution in [1.82, 2.24) is 25.5 Å². The second-order valence-corrected chi connectivity index (χ2v) is 7.71. The van der Waals surface area contributed by atoms with Gasteiger partial charge in [-0.15, -0.1) is 0 Å². The van der Waals surface area contributed by atoms with E-state index in [4.69, 9.17) is 9.47 Å². The van der Waals surface area contributed by atoms with E-state index in [9.17, 15) is 23.2 Å². The standard InChI is InChI=1S/C25H23F2N5O5/c1-36-22-14-19-17(13-18(22)23(33)31-24(34)29-9-6-26)21(4-8-28-19)37-16-2-3-20-15(12-16)5-11-32(20)25(35)30-10-7-27/h2-5,8,11-14H,6-7,9-10H2,1H3,(H,30,35)(H2,29,31,33,34). The summed E-state index contributed by atoms with van der Waals surface area (Å²) in [4.78, 5) is 41.1. The summed E-state index contributed by atoms with van der Waals surface area (Å²) in [6, 6.07) is 10.2. The van der Waals surface area contributed by atoms with Crippen molar-refractivity contribution in [2.75, 3.05) is 33.5 Å². The monoisotopic (exact) mass is 511 g/mol. The summed E-state index contributed by atoms with van der Waals surface area (Å²) in [5.74, 6) is 0.262. The Morgan fingerprint density at radius 3 is 2.51 bits per heavy atom. The van der Waals surface area contributed by atoms with Crippen molar-refractivity contribution in [2.24, 2.45) is 0 Å². The molecule has 0 unspecified atom stereocenters. The molecular formula is C25H23F2N5O5. The molecule has 192 valence electrons. The molecule has 0 saturated heterocycles. The van der Waals surface area contributed by atoms with Gasteiger partial charge >= 0.3 is 12.1 Å². The van der Waals surface area contributed by atoms with Gasteiger partial charge in [-0.1, -0.05) is 0 Å². The molecule has 4 rings (SSSR count). The van der Waals surface area contributed by atoms with Crippen LogP contribution in [0.15, 0.2) is 54.9 Å². The third kappa shape index (κ3) is 5.58. The molecule has 0 fully saturated rings. The fourth-order valence-corrected chi connectivity index (χ4v) is 3.69. The second-order valence-electron chi connectivity index (χ2n) is 7.71. The first-order valence-electron chi connectivity index (χ1n) is 11.2. The third-order valence-electron chi connectivity index (χ3n) is 5.35. The molecule has 10 nitrogen and oxygen atoms in total. The van der Waals surface area contributed by atoms with E-state index in [1.165, 1.54) is 30.0 Å². The lowest BCUT2D eigenvalue weighted by molar-refractivity contribution is 0.0961. The fraction of sp³-hybridized carbons (Fsp3) is 0.200. The number of benzene rings is 2. The van der Waals surface area contributed by atoms with E-state index in [2.05, 4.69) is 20.9 Å². The van der Waals surface area contributed by atoms with E-state index in [0.717, 1.165) is 0 Å². The zero-order valence-electron chi connectivity index (χ0n) is 19.7. The van der Waals surface area contributed by atoms with E-state index >= 15 is 0 Å². The van der Waals surface area contributed by atoms with E-state index < -0.39 is 31.3 Å². The molecule has 2 heterocycles. The predicted octanol–water partition coefficient (Wildman–Crippen LogP) is 3.93. The minimum Gasteiger partial charge on any atom is -0.496 e. The minimum absolute atomic E-state index is 0.0510. The maximum absolute atomic E-state index is 12.7. The van der Waals surface area contributed by atoms with Gasteiger partial charge in [-0.25, -0.2) is 18.4 Å². The number of hydrogen-bond acceptors (Lipinski definition) is 6. The number of halogens is 2. The summed E-state index contributed by atoms with van der Waals surface area (Å²) < 4.78 is 37.4. The predicted molar refractivity (Wildman–Crippen MR) is 132 cm³/mol. The van der Waals surface area contributed by atoms with Crippen molar-refractivity contribution in [1.29, 1.82) is 0 Å². The molecule has 0 bridgehead atoms. The number of nitrogens with one attached hydrogen (secondary N) is 3. The number of amides is 4. The molecule has 0 atom stereocenters. The lowest BCUT2D eigenvalue weighted by Crippen LogP contribution is -2.40. The minimum atomic E-state index is -0.842. The van der Waals surface area contributed by atoms with Gasteiger partial charge < -0.3 is 20.1 Å². The van der Waals surface area contributed by atoms with Crippen LogP contribution in [0.4, 0.5) is 18.4 Å². The van der Waals surface area contributed by atoms with Crippen LogP contribution >= 0.6 is 0 Å².